The number of amides is 1. The topological polar surface area (TPSA) is 48.0 Å². The van der Waals surface area contributed by atoms with Crippen molar-refractivity contribution >= 4 is 6.09 Å². The maximum Gasteiger partial charge on any atom is 0.438 e. The molecule has 0 aliphatic rings. The molecule has 0 saturated heterocycles. The third kappa shape index (κ3) is 2.92. The van der Waals surface area contributed by atoms with E-state index in [0.717, 1.165) is 5.06 Å². The van der Waals surface area contributed by atoms with Crippen molar-refractivity contribution in [1.29, 1.82) is 0 Å². The van der Waals surface area contributed by atoms with Crippen molar-refractivity contribution < 1.29 is 19.1 Å². The van der Waals surface area contributed by atoms with Gasteiger partial charge in [0, 0.05) is 0 Å². The van der Waals surface area contributed by atoms with Gasteiger partial charge in [-0.25, -0.2) is 4.79 Å². The lowest BCUT2D eigenvalue weighted by Crippen LogP contribution is -2.30. The number of nitrogens with zero attached hydrogens (tertiary/aromatic N) is 1. The fourth-order valence-corrected chi connectivity index (χ4v) is 1.03. The van der Waals surface area contributed by atoms with Crippen LogP contribution in [0, 0.1) is 0 Å². The van der Waals surface area contributed by atoms with Crippen LogP contribution in [0.25, 0.3) is 0 Å². The van der Waals surface area contributed by atoms with Gasteiger partial charge < -0.3 is 9.47 Å². The summed E-state index contributed by atoms with van der Waals surface area (Å²) in [5.41, 5.74) is 0.641. The first kappa shape index (κ1) is 12.8. The molecule has 0 heterocycles. The van der Waals surface area contributed by atoms with Crippen LogP contribution in [0.1, 0.15) is 20.3 Å². The van der Waals surface area contributed by atoms with Gasteiger partial charge in [-0.05, 0) is 13.3 Å². The molecule has 0 aromatic rings. The van der Waals surface area contributed by atoms with Crippen molar-refractivity contribution in [1.82, 2.24) is 5.06 Å². The number of carbonyl (C=O) groups is 1. The smallest absolute Gasteiger partial charge is 0.438 e. The summed E-state index contributed by atoms with van der Waals surface area (Å²) in [5.74, 6) is 0.625. The number of methoxy groups -OCH3 is 2. The van der Waals surface area contributed by atoms with Crippen molar-refractivity contribution in [3.8, 4) is 0 Å². The number of ether oxygens (including phenoxy) is 2. The Labute approximate surface area is 84.2 Å². The molecule has 1 amide bonds. The zero-order valence-corrected chi connectivity index (χ0v) is 9.29. The fraction of sp³-hybridized carbons (Fsp3) is 0.667. The predicted molar refractivity (Wildman–Crippen MR) is 51.3 cm³/mol. The minimum absolute atomic E-state index is 0.569. The largest absolute Gasteiger partial charge is 0.499 e. The number of rotatable bonds is 4. The summed E-state index contributed by atoms with van der Waals surface area (Å²) in [6.45, 7) is 3.65. The molecule has 0 aliphatic carbocycles. The Morgan fingerprint density at radius 1 is 1.21 bits per heavy atom. The monoisotopic (exact) mass is 203 g/mol. The Balaban J connectivity index is 4.88. The number of allylic oxidation sites excluding steroid dienone is 2. The molecular weight excluding hydrogens is 186 g/mol. The van der Waals surface area contributed by atoms with Crippen molar-refractivity contribution in [2.24, 2.45) is 0 Å². The second-order valence-electron chi connectivity index (χ2n) is 2.51. The molecule has 82 valence electrons. The van der Waals surface area contributed by atoms with Gasteiger partial charge in [0.2, 0.25) is 0 Å². The molecule has 5 heteroatoms. The van der Waals surface area contributed by atoms with Gasteiger partial charge in [-0.3, -0.25) is 4.84 Å². The quantitative estimate of drug-likeness (QED) is 0.517. The van der Waals surface area contributed by atoms with Gasteiger partial charge in [-0.15, -0.1) is 0 Å². The van der Waals surface area contributed by atoms with Crippen LogP contribution in [0.4, 0.5) is 4.79 Å². The first-order valence-electron chi connectivity index (χ1n) is 4.28. The highest BCUT2D eigenvalue weighted by atomic mass is 16.7. The van der Waals surface area contributed by atoms with E-state index in [4.69, 9.17) is 9.57 Å². The van der Waals surface area contributed by atoms with E-state index < -0.39 is 6.09 Å². The number of hydroxylamine groups is 2. The normalized spacial score (nSPS) is 11.8. The van der Waals surface area contributed by atoms with Gasteiger partial charge in [0.1, 0.15) is 5.76 Å². The Bertz CT molecular complexity index is 225. The first-order chi connectivity index (χ1) is 6.62. The lowest BCUT2D eigenvalue weighted by Gasteiger charge is -2.21. The van der Waals surface area contributed by atoms with Gasteiger partial charge in [-0.1, -0.05) is 6.92 Å². The molecule has 0 aromatic heterocycles. The Morgan fingerprint density at radius 3 is 2.07 bits per heavy atom. The second-order valence-corrected chi connectivity index (χ2v) is 2.51. The molecule has 0 N–H and O–H groups in total. The van der Waals surface area contributed by atoms with Crippen molar-refractivity contribution in [3.63, 3.8) is 0 Å². The highest BCUT2D eigenvalue weighted by Crippen LogP contribution is 2.15. The molecule has 0 aliphatic heterocycles. The van der Waals surface area contributed by atoms with Gasteiger partial charge in [0.25, 0.3) is 0 Å². The molecule has 0 aromatic carbocycles. The zero-order valence-electron chi connectivity index (χ0n) is 9.29. The molecule has 5 nitrogen and oxygen atoms in total. The third-order valence-corrected chi connectivity index (χ3v) is 1.82. The van der Waals surface area contributed by atoms with Crippen LogP contribution >= 0.6 is 0 Å². The molecule has 0 bridgehead atoms. The highest BCUT2D eigenvalue weighted by Gasteiger charge is 2.19. The van der Waals surface area contributed by atoms with Crippen molar-refractivity contribution in [2.75, 3.05) is 21.3 Å². The Kier molecular flexibility index (Phi) is 5.71. The lowest BCUT2D eigenvalue weighted by atomic mass is 10.3. The molecule has 0 atom stereocenters. The van der Waals surface area contributed by atoms with E-state index in [1.165, 1.54) is 21.3 Å². The standard InChI is InChI=1S/C9H17NO4/c1-6-8(7(2)12-3)10(14-5)9(11)13-4/h6H2,1-5H3/b8-7-. The molecule has 14 heavy (non-hydrogen) atoms. The van der Waals surface area contributed by atoms with Gasteiger partial charge >= 0.3 is 6.09 Å². The lowest BCUT2D eigenvalue weighted by molar-refractivity contribution is -0.0843. The SMILES string of the molecule is CC/C(=C(\C)OC)N(OC)C(=O)OC. The molecule has 0 saturated carbocycles. The third-order valence-electron chi connectivity index (χ3n) is 1.82. The van der Waals surface area contributed by atoms with Gasteiger partial charge in [-0.2, -0.15) is 5.06 Å². The van der Waals surface area contributed by atoms with E-state index in [9.17, 15) is 4.79 Å². The summed E-state index contributed by atoms with van der Waals surface area (Å²) >= 11 is 0. The molecule has 0 radical (unpaired) electrons. The number of hydrogen-bond acceptors (Lipinski definition) is 4. The summed E-state index contributed by atoms with van der Waals surface area (Å²) in [5, 5.41) is 1.07. The van der Waals surface area contributed by atoms with E-state index in [1.54, 1.807) is 6.92 Å². The molecular formula is C9H17NO4. The molecule has 0 fully saturated rings. The maximum absolute atomic E-state index is 11.3. The Morgan fingerprint density at radius 2 is 1.79 bits per heavy atom. The van der Waals surface area contributed by atoms with Crippen LogP contribution in [0.3, 0.4) is 0 Å². The molecule has 0 unspecified atom stereocenters. The van der Waals surface area contributed by atoms with Crippen LogP contribution in [-0.2, 0) is 14.3 Å². The van der Waals surface area contributed by atoms with E-state index in [0.29, 0.717) is 17.9 Å². The van der Waals surface area contributed by atoms with Crippen LogP contribution in [0.15, 0.2) is 11.5 Å². The molecule has 0 spiro atoms. The van der Waals surface area contributed by atoms with E-state index in [1.807, 2.05) is 6.92 Å². The van der Waals surface area contributed by atoms with Crippen molar-refractivity contribution in [2.45, 2.75) is 20.3 Å². The van der Waals surface area contributed by atoms with Crippen LogP contribution in [-0.4, -0.2) is 32.5 Å². The summed E-state index contributed by atoms with van der Waals surface area (Å²) in [6.07, 6.45) is 0.0450. The first-order valence-corrected chi connectivity index (χ1v) is 4.28. The summed E-state index contributed by atoms with van der Waals surface area (Å²) in [7, 11) is 4.23. The zero-order chi connectivity index (χ0) is 11.1. The minimum Gasteiger partial charge on any atom is -0.499 e. The maximum atomic E-state index is 11.3. The summed E-state index contributed by atoms with van der Waals surface area (Å²) in [4.78, 5) is 16.2. The van der Waals surface area contributed by atoms with Crippen LogP contribution < -0.4 is 0 Å². The fourth-order valence-electron chi connectivity index (χ4n) is 1.03. The summed E-state index contributed by atoms with van der Waals surface area (Å²) in [6, 6.07) is 0. The van der Waals surface area contributed by atoms with Crippen LogP contribution in [0.5, 0.6) is 0 Å². The Hall–Kier alpha value is -1.23. The van der Waals surface area contributed by atoms with E-state index >= 15 is 0 Å². The number of hydrogen-bond donors (Lipinski definition) is 0. The number of carbonyl (C=O) groups excluding carboxylic acids is 1. The van der Waals surface area contributed by atoms with Gasteiger partial charge in [0.15, 0.2) is 0 Å². The molecule has 0 rings (SSSR count). The second kappa shape index (κ2) is 6.26. The minimum atomic E-state index is -0.569. The predicted octanol–water partition coefficient (Wildman–Crippen LogP) is 1.90. The van der Waals surface area contributed by atoms with E-state index in [2.05, 4.69) is 4.74 Å². The average molecular weight is 203 g/mol. The van der Waals surface area contributed by atoms with Crippen LogP contribution in [0.2, 0.25) is 0 Å². The average Bonchev–Trinajstić information content (AvgIpc) is 2.23. The summed E-state index contributed by atoms with van der Waals surface area (Å²) < 4.78 is 9.58. The van der Waals surface area contributed by atoms with Gasteiger partial charge in [0.05, 0.1) is 27.0 Å². The van der Waals surface area contributed by atoms with E-state index in [-0.39, 0.29) is 0 Å². The van der Waals surface area contributed by atoms with Crippen molar-refractivity contribution in [3.05, 3.63) is 11.5 Å². The highest BCUT2D eigenvalue weighted by molar-refractivity contribution is 5.68.